The quantitative estimate of drug-likeness (QED) is 0.710. The van der Waals surface area contributed by atoms with Gasteiger partial charge in [-0.3, -0.25) is 9.78 Å². The molecule has 0 saturated carbocycles. The van der Waals surface area contributed by atoms with Crippen LogP contribution in [0.5, 0.6) is 0 Å². The lowest BCUT2D eigenvalue weighted by Crippen LogP contribution is -2.26. The highest BCUT2D eigenvalue weighted by Crippen LogP contribution is 2.14. The molecule has 0 unspecified atom stereocenters. The summed E-state index contributed by atoms with van der Waals surface area (Å²) in [4.78, 5) is 14.8. The third kappa shape index (κ3) is 1.86. The van der Waals surface area contributed by atoms with Crippen LogP contribution in [0.2, 0.25) is 0 Å². The number of nitrogens with one attached hydrogen (secondary N) is 1. The van der Waals surface area contributed by atoms with E-state index >= 15 is 0 Å². The maximum atomic E-state index is 10.8. The van der Waals surface area contributed by atoms with E-state index in [0.29, 0.717) is 5.75 Å². The summed E-state index contributed by atoms with van der Waals surface area (Å²) in [5.74, 6) is 0.367. The molecule has 1 aliphatic rings. The van der Waals surface area contributed by atoms with E-state index in [1.165, 1.54) is 11.8 Å². The van der Waals surface area contributed by atoms with Crippen LogP contribution in [0.1, 0.15) is 5.56 Å². The second-order valence-corrected chi connectivity index (χ2v) is 3.45. The molecule has 66 valence electrons. The fourth-order valence-electron chi connectivity index (χ4n) is 0.949. The molecule has 1 amide bonds. The Hall–Kier alpha value is -1.36. The van der Waals surface area contributed by atoms with Gasteiger partial charge in [-0.1, -0.05) is 11.8 Å². The molecule has 0 radical (unpaired) electrons. The number of hydrogen-bond acceptors (Lipinski definition) is 4. The van der Waals surface area contributed by atoms with E-state index in [1.807, 2.05) is 12.1 Å². The summed E-state index contributed by atoms with van der Waals surface area (Å²) in [5, 5.41) is 4.73. The molecule has 0 aliphatic carbocycles. The average Bonchev–Trinajstić information content (AvgIpc) is 2.20. The Bertz CT molecular complexity index is 350. The fraction of sp³-hybridized carbons (Fsp3) is 0.125. The molecule has 0 saturated heterocycles. The molecule has 2 heterocycles. The summed E-state index contributed by atoms with van der Waals surface area (Å²) in [7, 11) is 0. The lowest BCUT2D eigenvalue weighted by Gasteiger charge is -2.10. The van der Waals surface area contributed by atoms with Gasteiger partial charge in [0.25, 0.3) is 5.91 Å². The molecule has 0 bridgehead atoms. The van der Waals surface area contributed by atoms with Crippen molar-refractivity contribution >= 4 is 22.7 Å². The highest BCUT2D eigenvalue weighted by Gasteiger charge is 2.13. The molecule has 0 fully saturated rings. The molecule has 0 atom stereocenters. The number of aromatic nitrogens is 1. The Morgan fingerprint density at radius 1 is 1.54 bits per heavy atom. The fourth-order valence-corrected chi connectivity index (χ4v) is 1.68. The van der Waals surface area contributed by atoms with Gasteiger partial charge < -0.3 is 0 Å². The molecule has 5 heteroatoms. The highest BCUT2D eigenvalue weighted by molar-refractivity contribution is 8.15. The van der Waals surface area contributed by atoms with Crippen LogP contribution in [0.25, 0.3) is 0 Å². The number of thioether (sulfide) groups is 1. The molecule has 0 spiro atoms. The summed E-state index contributed by atoms with van der Waals surface area (Å²) in [6.07, 6.45) is 3.43. The summed E-state index contributed by atoms with van der Waals surface area (Å²) >= 11 is 1.42. The topological polar surface area (TPSA) is 54.4 Å². The maximum Gasteiger partial charge on any atom is 0.250 e. The Balaban J connectivity index is 2.23. The number of nitrogens with zero attached hydrogens (tertiary/aromatic N) is 2. The molecule has 2 rings (SSSR count). The molecule has 4 nitrogen and oxygen atoms in total. The van der Waals surface area contributed by atoms with Gasteiger partial charge in [0.1, 0.15) is 5.04 Å². The van der Waals surface area contributed by atoms with Crippen LogP contribution in [0.4, 0.5) is 0 Å². The van der Waals surface area contributed by atoms with E-state index < -0.39 is 0 Å². The van der Waals surface area contributed by atoms with Crippen molar-refractivity contribution in [1.82, 2.24) is 10.4 Å². The largest absolute Gasteiger partial charge is 0.272 e. The monoisotopic (exact) mass is 193 g/mol. The number of hydrazone groups is 1. The van der Waals surface area contributed by atoms with Gasteiger partial charge in [0.2, 0.25) is 0 Å². The smallest absolute Gasteiger partial charge is 0.250 e. The van der Waals surface area contributed by atoms with Crippen molar-refractivity contribution in [2.45, 2.75) is 0 Å². The van der Waals surface area contributed by atoms with Gasteiger partial charge in [-0.05, 0) is 12.1 Å². The molecule has 1 aromatic heterocycles. The molecular formula is C8H7N3OS. The van der Waals surface area contributed by atoms with Crippen molar-refractivity contribution < 1.29 is 4.79 Å². The van der Waals surface area contributed by atoms with Crippen molar-refractivity contribution in [3.63, 3.8) is 0 Å². The van der Waals surface area contributed by atoms with Gasteiger partial charge in [0.05, 0.1) is 5.75 Å². The van der Waals surface area contributed by atoms with Crippen LogP contribution in [0.15, 0.2) is 29.6 Å². The Labute approximate surface area is 79.4 Å². The van der Waals surface area contributed by atoms with Crippen LogP contribution in [0, 0.1) is 0 Å². The van der Waals surface area contributed by atoms with Crippen molar-refractivity contribution in [2.75, 3.05) is 5.75 Å². The number of hydrogen-bond donors (Lipinski definition) is 1. The minimum Gasteiger partial charge on any atom is -0.272 e. The van der Waals surface area contributed by atoms with Gasteiger partial charge >= 0.3 is 0 Å². The average molecular weight is 193 g/mol. The highest BCUT2D eigenvalue weighted by atomic mass is 32.2. The molecule has 0 aromatic carbocycles. The minimum absolute atomic E-state index is 0.0577. The lowest BCUT2D eigenvalue weighted by atomic mass is 10.3. The Morgan fingerprint density at radius 3 is 3.08 bits per heavy atom. The summed E-state index contributed by atoms with van der Waals surface area (Å²) < 4.78 is 0. The van der Waals surface area contributed by atoms with Crippen LogP contribution in [-0.4, -0.2) is 21.7 Å². The zero-order valence-corrected chi connectivity index (χ0v) is 7.54. The maximum absolute atomic E-state index is 10.8. The SMILES string of the molecule is O=C1CSC(c2cccnc2)=NN1. The number of pyridine rings is 1. The van der Waals surface area contributed by atoms with Crippen LogP contribution >= 0.6 is 11.8 Å². The van der Waals surface area contributed by atoms with Gasteiger partial charge in [-0.15, -0.1) is 0 Å². The zero-order chi connectivity index (χ0) is 9.10. The molecule has 13 heavy (non-hydrogen) atoms. The third-order valence-corrected chi connectivity index (χ3v) is 2.54. The summed E-state index contributed by atoms with van der Waals surface area (Å²) in [6, 6.07) is 3.76. The van der Waals surface area contributed by atoms with Crippen molar-refractivity contribution in [3.05, 3.63) is 30.1 Å². The first kappa shape index (κ1) is 8.25. The minimum atomic E-state index is -0.0577. The first-order valence-corrected chi connectivity index (χ1v) is 4.74. The number of amides is 1. The lowest BCUT2D eigenvalue weighted by molar-refractivity contribution is -0.118. The first-order chi connectivity index (χ1) is 6.36. The Morgan fingerprint density at radius 2 is 2.46 bits per heavy atom. The van der Waals surface area contributed by atoms with Crippen molar-refractivity contribution in [3.8, 4) is 0 Å². The summed E-state index contributed by atoms with van der Waals surface area (Å²) in [6.45, 7) is 0. The van der Waals surface area contributed by atoms with Crippen LogP contribution in [0.3, 0.4) is 0 Å². The van der Waals surface area contributed by atoms with Gasteiger partial charge in [-0.25, -0.2) is 5.43 Å². The third-order valence-electron chi connectivity index (χ3n) is 1.53. The molecule has 1 N–H and O–H groups in total. The zero-order valence-electron chi connectivity index (χ0n) is 6.73. The number of carbonyl (C=O) groups excluding carboxylic acids is 1. The summed E-state index contributed by atoms with van der Waals surface area (Å²) in [5.41, 5.74) is 3.37. The van der Waals surface area contributed by atoms with Crippen molar-refractivity contribution in [1.29, 1.82) is 0 Å². The first-order valence-electron chi connectivity index (χ1n) is 3.76. The normalized spacial score (nSPS) is 16.3. The standard InChI is InChI=1S/C8H7N3OS/c12-7-5-13-8(11-10-7)6-2-1-3-9-4-6/h1-4H,5H2,(H,10,12). The van der Waals surface area contributed by atoms with Crippen LogP contribution < -0.4 is 5.43 Å². The number of rotatable bonds is 1. The predicted octanol–water partition coefficient (Wildman–Crippen LogP) is 0.606. The predicted molar refractivity (Wildman–Crippen MR) is 51.4 cm³/mol. The van der Waals surface area contributed by atoms with E-state index in [4.69, 9.17) is 0 Å². The second kappa shape index (κ2) is 3.57. The molecular weight excluding hydrogens is 186 g/mol. The van der Waals surface area contributed by atoms with Gasteiger partial charge in [0.15, 0.2) is 0 Å². The molecule has 1 aliphatic heterocycles. The van der Waals surface area contributed by atoms with E-state index in [2.05, 4.69) is 15.5 Å². The van der Waals surface area contributed by atoms with E-state index in [1.54, 1.807) is 12.4 Å². The van der Waals surface area contributed by atoms with E-state index in [-0.39, 0.29) is 5.91 Å². The second-order valence-electron chi connectivity index (χ2n) is 2.48. The van der Waals surface area contributed by atoms with Crippen LogP contribution in [-0.2, 0) is 4.79 Å². The van der Waals surface area contributed by atoms with Gasteiger partial charge in [-0.2, -0.15) is 5.10 Å². The van der Waals surface area contributed by atoms with Gasteiger partial charge in [0, 0.05) is 18.0 Å². The van der Waals surface area contributed by atoms with E-state index in [9.17, 15) is 4.79 Å². The number of carbonyl (C=O) groups is 1. The van der Waals surface area contributed by atoms with Crippen molar-refractivity contribution in [2.24, 2.45) is 5.10 Å². The van der Waals surface area contributed by atoms with E-state index in [0.717, 1.165) is 10.6 Å². The molecule has 1 aromatic rings. The Kier molecular flexibility index (Phi) is 2.27.